The third kappa shape index (κ3) is 2.58. The minimum absolute atomic E-state index is 0.00996. The number of para-hydroxylation sites is 1. The van der Waals surface area contributed by atoms with E-state index in [2.05, 4.69) is 4.98 Å². The maximum absolute atomic E-state index is 12.5. The van der Waals surface area contributed by atoms with Crippen LogP contribution in [0.5, 0.6) is 0 Å². The second kappa shape index (κ2) is 5.94. The van der Waals surface area contributed by atoms with Crippen molar-refractivity contribution in [3.63, 3.8) is 0 Å². The molecule has 5 heteroatoms. The van der Waals surface area contributed by atoms with Crippen LogP contribution in [0.15, 0.2) is 29.1 Å². The van der Waals surface area contributed by atoms with Crippen LogP contribution in [-0.2, 0) is 17.2 Å². The molecule has 1 fully saturated rings. The molecule has 0 saturated carbocycles. The van der Waals surface area contributed by atoms with E-state index in [9.17, 15) is 4.79 Å². The molecule has 1 aromatic heterocycles. The van der Waals surface area contributed by atoms with Gasteiger partial charge in [-0.25, -0.2) is 4.98 Å². The van der Waals surface area contributed by atoms with Crippen LogP contribution in [0.3, 0.4) is 0 Å². The van der Waals surface area contributed by atoms with Crippen molar-refractivity contribution in [3.8, 4) is 0 Å². The average molecular weight is 293 g/mol. The number of rotatable bonds is 4. The van der Waals surface area contributed by atoms with Crippen LogP contribution in [0.25, 0.3) is 10.9 Å². The van der Waals surface area contributed by atoms with Crippen LogP contribution >= 0.6 is 11.6 Å². The Balaban J connectivity index is 1.95. The molecule has 1 atom stereocenters. The smallest absolute Gasteiger partial charge is 0.261 e. The van der Waals surface area contributed by atoms with Gasteiger partial charge in [-0.3, -0.25) is 9.36 Å². The first-order valence-corrected chi connectivity index (χ1v) is 7.49. The van der Waals surface area contributed by atoms with Gasteiger partial charge < -0.3 is 4.74 Å². The molecule has 1 aliphatic heterocycles. The standard InChI is InChI=1S/C15H17ClN2O2/c16-10-14-17-13-6-2-1-5-12(13)15(19)18(14)8-7-11-4-3-9-20-11/h1-2,5-6,11H,3-4,7-10H2. The summed E-state index contributed by atoms with van der Waals surface area (Å²) in [6.45, 7) is 1.45. The highest BCUT2D eigenvalue weighted by Crippen LogP contribution is 2.17. The molecule has 1 unspecified atom stereocenters. The van der Waals surface area contributed by atoms with Crippen molar-refractivity contribution in [1.82, 2.24) is 9.55 Å². The number of benzene rings is 1. The van der Waals surface area contributed by atoms with Crippen molar-refractivity contribution in [2.24, 2.45) is 0 Å². The van der Waals surface area contributed by atoms with E-state index in [1.807, 2.05) is 24.3 Å². The van der Waals surface area contributed by atoms with Gasteiger partial charge in [0.25, 0.3) is 5.56 Å². The first kappa shape index (κ1) is 13.6. The SMILES string of the molecule is O=c1c2ccccc2nc(CCl)n1CCC1CCCO1. The molecule has 20 heavy (non-hydrogen) atoms. The van der Waals surface area contributed by atoms with Crippen molar-refractivity contribution in [2.75, 3.05) is 6.61 Å². The highest BCUT2D eigenvalue weighted by Gasteiger charge is 2.17. The second-order valence-electron chi connectivity index (χ2n) is 5.06. The molecular formula is C15H17ClN2O2. The Morgan fingerprint density at radius 2 is 2.25 bits per heavy atom. The molecule has 0 bridgehead atoms. The molecular weight excluding hydrogens is 276 g/mol. The summed E-state index contributed by atoms with van der Waals surface area (Å²) >= 11 is 5.95. The molecule has 1 aromatic carbocycles. The van der Waals surface area contributed by atoms with Crippen molar-refractivity contribution in [1.29, 1.82) is 0 Å². The summed E-state index contributed by atoms with van der Waals surface area (Å²) in [5.74, 6) is 0.874. The molecule has 0 aliphatic carbocycles. The summed E-state index contributed by atoms with van der Waals surface area (Å²) in [5, 5.41) is 0.647. The molecule has 1 aliphatic rings. The highest BCUT2D eigenvalue weighted by atomic mass is 35.5. The van der Waals surface area contributed by atoms with E-state index in [1.54, 1.807) is 4.57 Å². The average Bonchev–Trinajstić information content (AvgIpc) is 2.99. The van der Waals surface area contributed by atoms with Gasteiger partial charge in [0.05, 0.1) is 22.9 Å². The van der Waals surface area contributed by atoms with Crippen LogP contribution in [0.4, 0.5) is 0 Å². The molecule has 0 amide bonds. The number of halogens is 1. The Labute approximate surface area is 122 Å². The van der Waals surface area contributed by atoms with E-state index in [1.165, 1.54) is 0 Å². The summed E-state index contributed by atoms with van der Waals surface area (Å²) in [7, 11) is 0. The highest BCUT2D eigenvalue weighted by molar-refractivity contribution is 6.16. The van der Waals surface area contributed by atoms with Crippen molar-refractivity contribution >= 4 is 22.5 Å². The molecule has 0 spiro atoms. The van der Waals surface area contributed by atoms with E-state index < -0.39 is 0 Å². The number of aromatic nitrogens is 2. The van der Waals surface area contributed by atoms with Crippen LogP contribution in [0, 0.1) is 0 Å². The zero-order valence-corrected chi connectivity index (χ0v) is 12.0. The Morgan fingerprint density at radius 3 is 3.00 bits per heavy atom. The van der Waals surface area contributed by atoms with Gasteiger partial charge in [0.2, 0.25) is 0 Å². The quantitative estimate of drug-likeness (QED) is 0.814. The van der Waals surface area contributed by atoms with Gasteiger partial charge in [-0.05, 0) is 31.4 Å². The first-order valence-electron chi connectivity index (χ1n) is 6.95. The molecule has 2 aromatic rings. The van der Waals surface area contributed by atoms with E-state index in [0.717, 1.165) is 25.9 Å². The maximum Gasteiger partial charge on any atom is 0.261 e. The molecule has 0 N–H and O–H groups in total. The van der Waals surface area contributed by atoms with Crippen LogP contribution in [0.1, 0.15) is 25.1 Å². The zero-order chi connectivity index (χ0) is 13.9. The summed E-state index contributed by atoms with van der Waals surface area (Å²) in [5.41, 5.74) is 0.700. The minimum Gasteiger partial charge on any atom is -0.378 e. The molecule has 4 nitrogen and oxygen atoms in total. The zero-order valence-electron chi connectivity index (χ0n) is 11.2. The topological polar surface area (TPSA) is 44.1 Å². The molecule has 106 valence electrons. The Bertz CT molecular complexity index is 662. The lowest BCUT2D eigenvalue weighted by Gasteiger charge is -2.14. The summed E-state index contributed by atoms with van der Waals surface area (Å²) < 4.78 is 7.30. The van der Waals surface area contributed by atoms with Gasteiger partial charge in [0.15, 0.2) is 0 Å². The predicted molar refractivity (Wildman–Crippen MR) is 79.2 cm³/mol. The normalized spacial score (nSPS) is 18.8. The first-order chi connectivity index (χ1) is 9.79. The number of fused-ring (bicyclic) bond motifs is 1. The largest absolute Gasteiger partial charge is 0.378 e. The summed E-state index contributed by atoms with van der Waals surface area (Å²) in [6, 6.07) is 7.39. The lowest BCUT2D eigenvalue weighted by atomic mass is 10.2. The third-order valence-electron chi connectivity index (χ3n) is 3.76. The molecule has 0 radical (unpaired) electrons. The number of alkyl halides is 1. The van der Waals surface area contributed by atoms with Crippen molar-refractivity contribution in [2.45, 2.75) is 37.8 Å². The fourth-order valence-electron chi connectivity index (χ4n) is 2.69. The van der Waals surface area contributed by atoms with Gasteiger partial charge in [-0.15, -0.1) is 11.6 Å². The second-order valence-corrected chi connectivity index (χ2v) is 5.33. The molecule has 2 heterocycles. The van der Waals surface area contributed by atoms with E-state index >= 15 is 0 Å². The molecule has 3 rings (SSSR count). The van der Waals surface area contributed by atoms with E-state index in [-0.39, 0.29) is 17.5 Å². The van der Waals surface area contributed by atoms with Gasteiger partial charge in [-0.2, -0.15) is 0 Å². The minimum atomic E-state index is -0.00996. The number of hydrogen-bond acceptors (Lipinski definition) is 3. The fraction of sp³-hybridized carbons (Fsp3) is 0.467. The summed E-state index contributed by atoms with van der Waals surface area (Å²) in [6.07, 6.45) is 3.28. The van der Waals surface area contributed by atoms with Gasteiger partial charge >= 0.3 is 0 Å². The Hall–Kier alpha value is -1.39. The maximum atomic E-state index is 12.5. The monoisotopic (exact) mass is 292 g/mol. The van der Waals surface area contributed by atoms with Crippen LogP contribution in [-0.4, -0.2) is 22.3 Å². The fourth-order valence-corrected chi connectivity index (χ4v) is 2.90. The van der Waals surface area contributed by atoms with Gasteiger partial charge in [-0.1, -0.05) is 12.1 Å². The van der Waals surface area contributed by atoms with Crippen molar-refractivity contribution in [3.05, 3.63) is 40.4 Å². The van der Waals surface area contributed by atoms with Crippen LogP contribution < -0.4 is 5.56 Å². The lowest BCUT2D eigenvalue weighted by molar-refractivity contribution is 0.0999. The Kier molecular flexibility index (Phi) is 4.03. The van der Waals surface area contributed by atoms with Gasteiger partial charge in [0, 0.05) is 13.2 Å². The lowest BCUT2D eigenvalue weighted by Crippen LogP contribution is -2.26. The summed E-state index contributed by atoms with van der Waals surface area (Å²) in [4.78, 5) is 17.0. The number of hydrogen-bond donors (Lipinski definition) is 0. The van der Waals surface area contributed by atoms with Crippen molar-refractivity contribution < 1.29 is 4.74 Å². The van der Waals surface area contributed by atoms with E-state index in [4.69, 9.17) is 16.3 Å². The number of nitrogens with zero attached hydrogens (tertiary/aromatic N) is 2. The van der Waals surface area contributed by atoms with E-state index in [0.29, 0.717) is 23.3 Å². The van der Waals surface area contributed by atoms with Crippen LogP contribution in [0.2, 0.25) is 0 Å². The Morgan fingerprint density at radius 1 is 1.40 bits per heavy atom. The predicted octanol–water partition coefficient (Wildman–Crippen LogP) is 2.70. The molecule has 1 saturated heterocycles. The number of ether oxygens (including phenoxy) is 1. The third-order valence-corrected chi connectivity index (χ3v) is 4.00. The van der Waals surface area contributed by atoms with Gasteiger partial charge in [0.1, 0.15) is 5.82 Å².